The summed E-state index contributed by atoms with van der Waals surface area (Å²) < 4.78 is 13.4. The average molecular weight is 278 g/mol. The number of amides is 1. The molecule has 1 amide bonds. The molecule has 1 saturated heterocycles. The summed E-state index contributed by atoms with van der Waals surface area (Å²) in [5.41, 5.74) is 1.44. The van der Waals surface area contributed by atoms with E-state index in [0.717, 1.165) is 25.1 Å². The molecule has 1 aromatic rings. The topological polar surface area (TPSA) is 41.1 Å². The van der Waals surface area contributed by atoms with Crippen LogP contribution in [0.1, 0.15) is 36.8 Å². The van der Waals surface area contributed by atoms with Gasteiger partial charge in [-0.05, 0) is 62.4 Å². The summed E-state index contributed by atoms with van der Waals surface area (Å²) in [5.74, 6) is 0.452. The summed E-state index contributed by atoms with van der Waals surface area (Å²) in [7, 11) is 0. The van der Waals surface area contributed by atoms with Crippen molar-refractivity contribution in [2.45, 2.75) is 39.2 Å². The minimum absolute atomic E-state index is 0.0524. The van der Waals surface area contributed by atoms with E-state index in [2.05, 4.69) is 10.6 Å². The molecule has 20 heavy (non-hydrogen) atoms. The first-order chi connectivity index (χ1) is 9.65. The molecular formula is C16H23FN2O. The van der Waals surface area contributed by atoms with E-state index in [-0.39, 0.29) is 11.7 Å². The highest BCUT2D eigenvalue weighted by atomic mass is 19.1. The van der Waals surface area contributed by atoms with Crippen molar-refractivity contribution in [1.82, 2.24) is 10.6 Å². The zero-order valence-electron chi connectivity index (χ0n) is 12.0. The molecule has 0 saturated carbocycles. The fourth-order valence-corrected chi connectivity index (χ4v) is 2.54. The highest BCUT2D eigenvalue weighted by molar-refractivity contribution is 5.75. The third-order valence-corrected chi connectivity index (χ3v) is 3.90. The van der Waals surface area contributed by atoms with Gasteiger partial charge in [0.15, 0.2) is 0 Å². The normalized spacial score (nSPS) is 18.8. The van der Waals surface area contributed by atoms with Crippen LogP contribution in [0.4, 0.5) is 4.39 Å². The molecule has 0 aliphatic carbocycles. The molecule has 1 heterocycles. The lowest BCUT2D eigenvalue weighted by Crippen LogP contribution is -2.31. The van der Waals surface area contributed by atoms with Gasteiger partial charge in [0.1, 0.15) is 5.82 Å². The third kappa shape index (κ3) is 4.60. The van der Waals surface area contributed by atoms with Crippen molar-refractivity contribution >= 4 is 5.91 Å². The molecule has 1 fully saturated rings. The van der Waals surface area contributed by atoms with Crippen LogP contribution in [0.3, 0.4) is 0 Å². The summed E-state index contributed by atoms with van der Waals surface area (Å²) in [6, 6.07) is 5.08. The number of hydrogen-bond donors (Lipinski definition) is 2. The second kappa shape index (κ2) is 7.39. The monoisotopic (exact) mass is 278 g/mol. The molecule has 0 radical (unpaired) electrons. The number of hydrogen-bond acceptors (Lipinski definition) is 2. The van der Waals surface area contributed by atoms with Crippen LogP contribution in [0.25, 0.3) is 0 Å². The Morgan fingerprint density at radius 2 is 2.35 bits per heavy atom. The Morgan fingerprint density at radius 1 is 1.50 bits per heavy atom. The van der Waals surface area contributed by atoms with Gasteiger partial charge in [-0.25, -0.2) is 4.39 Å². The van der Waals surface area contributed by atoms with Crippen molar-refractivity contribution in [2.75, 3.05) is 13.1 Å². The number of aryl methyl sites for hydroxylation is 1. The first-order valence-corrected chi connectivity index (χ1v) is 7.37. The molecule has 1 atom stereocenters. The Morgan fingerprint density at radius 3 is 3.05 bits per heavy atom. The van der Waals surface area contributed by atoms with Gasteiger partial charge in [-0.2, -0.15) is 0 Å². The molecule has 1 aromatic carbocycles. The maximum atomic E-state index is 13.4. The molecule has 0 aromatic heterocycles. The van der Waals surface area contributed by atoms with Crippen molar-refractivity contribution in [3.05, 3.63) is 35.1 Å². The smallest absolute Gasteiger partial charge is 0.220 e. The van der Waals surface area contributed by atoms with Crippen LogP contribution >= 0.6 is 0 Å². The maximum Gasteiger partial charge on any atom is 0.220 e. The quantitative estimate of drug-likeness (QED) is 0.869. The molecule has 0 bridgehead atoms. The van der Waals surface area contributed by atoms with Gasteiger partial charge in [0, 0.05) is 13.0 Å². The van der Waals surface area contributed by atoms with Gasteiger partial charge in [-0.15, -0.1) is 0 Å². The minimum Gasteiger partial charge on any atom is -0.352 e. The second-order valence-electron chi connectivity index (χ2n) is 5.61. The van der Waals surface area contributed by atoms with Crippen molar-refractivity contribution in [3.63, 3.8) is 0 Å². The lowest BCUT2D eigenvalue weighted by Gasteiger charge is -2.22. The van der Waals surface area contributed by atoms with Gasteiger partial charge in [0.2, 0.25) is 5.91 Å². The van der Waals surface area contributed by atoms with E-state index in [1.54, 1.807) is 13.0 Å². The Labute approximate surface area is 120 Å². The van der Waals surface area contributed by atoms with Crippen LogP contribution in [0.2, 0.25) is 0 Å². The molecule has 1 unspecified atom stereocenters. The summed E-state index contributed by atoms with van der Waals surface area (Å²) >= 11 is 0. The molecule has 3 nitrogen and oxygen atoms in total. The number of halogens is 1. The zero-order valence-corrected chi connectivity index (χ0v) is 12.0. The van der Waals surface area contributed by atoms with Gasteiger partial charge in [-0.3, -0.25) is 4.79 Å². The summed E-state index contributed by atoms with van der Waals surface area (Å²) in [4.78, 5) is 11.8. The predicted octanol–water partition coefficient (Wildman–Crippen LogP) is 2.53. The van der Waals surface area contributed by atoms with E-state index in [4.69, 9.17) is 0 Å². The van der Waals surface area contributed by atoms with Gasteiger partial charge in [0.25, 0.3) is 0 Å². The molecule has 1 aliphatic heterocycles. The van der Waals surface area contributed by atoms with E-state index < -0.39 is 0 Å². The van der Waals surface area contributed by atoms with Crippen LogP contribution in [0.5, 0.6) is 0 Å². The van der Waals surface area contributed by atoms with E-state index in [9.17, 15) is 9.18 Å². The molecular weight excluding hydrogens is 255 g/mol. The Hall–Kier alpha value is -1.42. The number of rotatable bonds is 5. The molecule has 2 rings (SSSR count). The van der Waals surface area contributed by atoms with E-state index in [0.29, 0.717) is 24.4 Å². The summed E-state index contributed by atoms with van der Waals surface area (Å²) in [6.07, 6.45) is 3.90. The fraction of sp³-hybridized carbons (Fsp3) is 0.562. The maximum absolute atomic E-state index is 13.4. The number of carbonyl (C=O) groups excluding carboxylic acids is 1. The van der Waals surface area contributed by atoms with Crippen molar-refractivity contribution in [2.24, 2.45) is 5.92 Å². The molecule has 1 aliphatic rings. The first-order valence-electron chi connectivity index (χ1n) is 7.37. The first kappa shape index (κ1) is 15.0. The van der Waals surface area contributed by atoms with Gasteiger partial charge in [0.05, 0.1) is 0 Å². The highest BCUT2D eigenvalue weighted by Gasteiger charge is 2.14. The third-order valence-electron chi connectivity index (χ3n) is 3.90. The zero-order chi connectivity index (χ0) is 14.4. The number of carbonyl (C=O) groups is 1. The van der Waals surface area contributed by atoms with Gasteiger partial charge in [-0.1, -0.05) is 12.1 Å². The molecule has 4 heteroatoms. The number of nitrogens with one attached hydrogen (secondary N) is 2. The summed E-state index contributed by atoms with van der Waals surface area (Å²) in [6.45, 7) is 4.26. The van der Waals surface area contributed by atoms with E-state index in [1.807, 2.05) is 6.07 Å². The molecule has 0 spiro atoms. The Balaban J connectivity index is 1.70. The lowest BCUT2D eigenvalue weighted by atomic mass is 9.94. The predicted molar refractivity (Wildman–Crippen MR) is 77.8 cm³/mol. The summed E-state index contributed by atoms with van der Waals surface area (Å²) in [5, 5.41) is 6.21. The number of benzene rings is 1. The second-order valence-corrected chi connectivity index (χ2v) is 5.61. The van der Waals surface area contributed by atoms with Crippen LogP contribution < -0.4 is 10.6 Å². The molecule has 110 valence electrons. The van der Waals surface area contributed by atoms with Crippen molar-refractivity contribution in [3.8, 4) is 0 Å². The fourth-order valence-electron chi connectivity index (χ4n) is 2.54. The lowest BCUT2D eigenvalue weighted by molar-refractivity contribution is -0.121. The van der Waals surface area contributed by atoms with Gasteiger partial charge >= 0.3 is 0 Å². The highest BCUT2D eigenvalue weighted by Crippen LogP contribution is 2.15. The Kier molecular flexibility index (Phi) is 5.53. The van der Waals surface area contributed by atoms with Crippen LogP contribution in [-0.2, 0) is 11.3 Å². The number of piperidine rings is 1. The SMILES string of the molecule is Cc1ccc(CNC(=O)CCC2CCCNC2)cc1F. The van der Waals surface area contributed by atoms with Crippen LogP contribution in [0, 0.1) is 18.7 Å². The van der Waals surface area contributed by atoms with E-state index in [1.165, 1.54) is 18.9 Å². The van der Waals surface area contributed by atoms with Crippen molar-refractivity contribution in [1.29, 1.82) is 0 Å². The van der Waals surface area contributed by atoms with Crippen LogP contribution in [0.15, 0.2) is 18.2 Å². The minimum atomic E-state index is -0.218. The van der Waals surface area contributed by atoms with Crippen LogP contribution in [-0.4, -0.2) is 19.0 Å². The van der Waals surface area contributed by atoms with Gasteiger partial charge < -0.3 is 10.6 Å². The molecule has 2 N–H and O–H groups in total. The van der Waals surface area contributed by atoms with Crippen molar-refractivity contribution < 1.29 is 9.18 Å². The largest absolute Gasteiger partial charge is 0.352 e. The van der Waals surface area contributed by atoms with E-state index >= 15 is 0 Å². The average Bonchev–Trinajstić information content (AvgIpc) is 2.47. The Bertz CT molecular complexity index is 456. The standard InChI is InChI=1S/C16H23FN2O/c1-12-4-5-14(9-15(12)17)11-19-16(20)7-6-13-3-2-8-18-10-13/h4-5,9,13,18H,2-3,6-8,10-11H2,1H3,(H,19,20).